The Morgan fingerprint density at radius 1 is 1.38 bits per heavy atom. The van der Waals surface area contributed by atoms with Crippen LogP contribution in [0.15, 0.2) is 18.2 Å². The van der Waals surface area contributed by atoms with Gasteiger partial charge in [-0.15, -0.1) is 0 Å². The molecule has 1 aromatic rings. The number of hydrogen-bond acceptors (Lipinski definition) is 1. The first kappa shape index (κ1) is 10.1. The van der Waals surface area contributed by atoms with Crippen molar-refractivity contribution in [2.24, 2.45) is 5.73 Å². The van der Waals surface area contributed by atoms with E-state index >= 15 is 0 Å². The Morgan fingerprint density at radius 2 is 2.00 bits per heavy atom. The molecule has 0 bridgehead atoms. The maximum Gasteiger partial charge on any atom is 0.148 e. The van der Waals surface area contributed by atoms with Crippen molar-refractivity contribution < 1.29 is 13.2 Å². The molecule has 0 fully saturated rings. The first-order valence-corrected chi connectivity index (χ1v) is 3.82. The maximum absolute atomic E-state index is 13.5. The van der Waals surface area contributed by atoms with Gasteiger partial charge in [-0.05, 0) is 19.1 Å². The smallest absolute Gasteiger partial charge is 0.148 e. The predicted molar refractivity (Wildman–Crippen MR) is 43.9 cm³/mol. The largest absolute Gasteiger partial charge is 0.327 e. The lowest BCUT2D eigenvalue weighted by atomic mass is 9.97. The minimum Gasteiger partial charge on any atom is -0.327 e. The van der Waals surface area contributed by atoms with Gasteiger partial charge in [-0.3, -0.25) is 0 Å². The van der Waals surface area contributed by atoms with Gasteiger partial charge in [0.1, 0.15) is 17.3 Å². The SMILES string of the molecule is CC(F)(CN)c1ccc(F)cc1F. The minimum atomic E-state index is -1.95. The van der Waals surface area contributed by atoms with Crippen LogP contribution in [0.3, 0.4) is 0 Å². The lowest BCUT2D eigenvalue weighted by Crippen LogP contribution is -2.27. The fourth-order valence-corrected chi connectivity index (χ4v) is 1.02. The molecule has 0 aromatic heterocycles. The average Bonchev–Trinajstić information content (AvgIpc) is 2.03. The molecule has 1 aromatic carbocycles. The van der Waals surface area contributed by atoms with E-state index in [-0.39, 0.29) is 12.1 Å². The van der Waals surface area contributed by atoms with Crippen LogP contribution in [0.25, 0.3) is 0 Å². The number of nitrogens with two attached hydrogens (primary N) is 1. The second-order valence-electron chi connectivity index (χ2n) is 3.03. The highest BCUT2D eigenvalue weighted by Gasteiger charge is 2.27. The molecule has 72 valence electrons. The van der Waals surface area contributed by atoms with Gasteiger partial charge in [0.05, 0.1) is 0 Å². The van der Waals surface area contributed by atoms with Crippen molar-refractivity contribution in [3.63, 3.8) is 0 Å². The van der Waals surface area contributed by atoms with Crippen molar-refractivity contribution in [2.75, 3.05) is 6.54 Å². The third kappa shape index (κ3) is 2.01. The van der Waals surface area contributed by atoms with Crippen molar-refractivity contribution >= 4 is 0 Å². The van der Waals surface area contributed by atoms with E-state index in [2.05, 4.69) is 0 Å². The summed E-state index contributed by atoms with van der Waals surface area (Å²) >= 11 is 0. The Morgan fingerprint density at radius 3 is 2.46 bits per heavy atom. The highest BCUT2D eigenvalue weighted by atomic mass is 19.2. The van der Waals surface area contributed by atoms with Crippen molar-refractivity contribution in [3.05, 3.63) is 35.4 Å². The molecule has 1 atom stereocenters. The lowest BCUT2D eigenvalue weighted by molar-refractivity contribution is 0.196. The number of benzene rings is 1. The van der Waals surface area contributed by atoms with Crippen LogP contribution in [0.5, 0.6) is 0 Å². The highest BCUT2D eigenvalue weighted by molar-refractivity contribution is 5.24. The van der Waals surface area contributed by atoms with Crippen LogP contribution in [0.4, 0.5) is 13.2 Å². The van der Waals surface area contributed by atoms with Crippen molar-refractivity contribution in [3.8, 4) is 0 Å². The van der Waals surface area contributed by atoms with Gasteiger partial charge in [-0.2, -0.15) is 0 Å². The molecule has 0 aliphatic rings. The number of halogens is 3. The molecule has 0 saturated carbocycles. The molecule has 0 aliphatic carbocycles. The van der Waals surface area contributed by atoms with Crippen LogP contribution in [0, 0.1) is 11.6 Å². The zero-order chi connectivity index (χ0) is 10.1. The molecule has 0 heterocycles. The first-order chi connectivity index (χ1) is 5.97. The van der Waals surface area contributed by atoms with Gasteiger partial charge in [0.2, 0.25) is 0 Å². The topological polar surface area (TPSA) is 26.0 Å². The summed E-state index contributed by atoms with van der Waals surface area (Å²) in [7, 11) is 0. The molecule has 0 radical (unpaired) electrons. The Bertz CT molecular complexity index is 310. The average molecular weight is 189 g/mol. The van der Waals surface area contributed by atoms with E-state index in [1.54, 1.807) is 0 Å². The zero-order valence-corrected chi connectivity index (χ0v) is 7.15. The Labute approximate surface area is 74.4 Å². The summed E-state index contributed by atoms with van der Waals surface area (Å²) in [6.07, 6.45) is 0. The minimum absolute atomic E-state index is 0.212. The fourth-order valence-electron chi connectivity index (χ4n) is 1.02. The highest BCUT2D eigenvalue weighted by Crippen LogP contribution is 2.26. The van der Waals surface area contributed by atoms with E-state index < -0.39 is 17.3 Å². The summed E-state index contributed by atoms with van der Waals surface area (Å²) in [5, 5.41) is 0. The quantitative estimate of drug-likeness (QED) is 0.757. The normalized spacial score (nSPS) is 15.5. The zero-order valence-electron chi connectivity index (χ0n) is 7.15. The number of alkyl halides is 1. The third-order valence-electron chi connectivity index (χ3n) is 1.88. The van der Waals surface area contributed by atoms with Crippen LogP contribution >= 0.6 is 0 Å². The van der Waals surface area contributed by atoms with E-state index in [9.17, 15) is 13.2 Å². The maximum atomic E-state index is 13.5. The molecule has 1 nitrogen and oxygen atoms in total. The standard InChI is InChI=1S/C9H10F3N/c1-9(12,5-13)7-3-2-6(10)4-8(7)11/h2-4H,5,13H2,1H3. The Balaban J connectivity index is 3.16. The fraction of sp³-hybridized carbons (Fsp3) is 0.333. The van der Waals surface area contributed by atoms with Crippen molar-refractivity contribution in [1.29, 1.82) is 0 Å². The van der Waals surface area contributed by atoms with Crippen molar-refractivity contribution in [2.45, 2.75) is 12.6 Å². The van der Waals surface area contributed by atoms with Gasteiger partial charge in [0, 0.05) is 18.2 Å². The van der Waals surface area contributed by atoms with Crippen molar-refractivity contribution in [1.82, 2.24) is 0 Å². The molecule has 0 spiro atoms. The van der Waals surface area contributed by atoms with Crippen LogP contribution in [-0.2, 0) is 5.67 Å². The van der Waals surface area contributed by atoms with Crippen LogP contribution in [-0.4, -0.2) is 6.54 Å². The van der Waals surface area contributed by atoms with Gasteiger partial charge in [0.15, 0.2) is 0 Å². The Hall–Kier alpha value is -1.03. The van der Waals surface area contributed by atoms with E-state index in [0.717, 1.165) is 19.1 Å². The summed E-state index contributed by atoms with van der Waals surface area (Å²) in [6.45, 7) is 0.818. The molecular formula is C9H10F3N. The number of hydrogen-bond donors (Lipinski definition) is 1. The van der Waals surface area contributed by atoms with Crippen LogP contribution < -0.4 is 5.73 Å². The molecule has 1 unspecified atom stereocenters. The van der Waals surface area contributed by atoms with Crippen LogP contribution in [0.1, 0.15) is 12.5 Å². The molecule has 0 aliphatic heterocycles. The van der Waals surface area contributed by atoms with E-state index in [1.807, 2.05) is 0 Å². The summed E-state index contributed by atoms with van der Waals surface area (Å²) in [6, 6.07) is 2.71. The molecule has 0 saturated heterocycles. The van der Waals surface area contributed by atoms with Gasteiger partial charge in [-0.25, -0.2) is 13.2 Å². The lowest BCUT2D eigenvalue weighted by Gasteiger charge is -2.18. The molecule has 1 rings (SSSR count). The third-order valence-corrected chi connectivity index (χ3v) is 1.88. The first-order valence-electron chi connectivity index (χ1n) is 3.82. The summed E-state index contributed by atoms with van der Waals surface area (Å²) < 4.78 is 38.9. The van der Waals surface area contributed by atoms with Crippen LogP contribution in [0.2, 0.25) is 0 Å². The Kier molecular flexibility index (Phi) is 2.61. The molecule has 4 heteroatoms. The molecule has 13 heavy (non-hydrogen) atoms. The molecule has 2 N–H and O–H groups in total. The van der Waals surface area contributed by atoms with E-state index in [4.69, 9.17) is 5.73 Å². The predicted octanol–water partition coefficient (Wildman–Crippen LogP) is 2.11. The van der Waals surface area contributed by atoms with E-state index in [1.165, 1.54) is 0 Å². The molecular weight excluding hydrogens is 179 g/mol. The van der Waals surface area contributed by atoms with Gasteiger partial charge in [-0.1, -0.05) is 0 Å². The van der Waals surface area contributed by atoms with Gasteiger partial charge >= 0.3 is 0 Å². The molecule has 0 amide bonds. The number of rotatable bonds is 2. The summed E-state index contributed by atoms with van der Waals surface area (Å²) in [5.74, 6) is -1.63. The second kappa shape index (κ2) is 3.38. The van der Waals surface area contributed by atoms with E-state index in [0.29, 0.717) is 6.07 Å². The van der Waals surface area contributed by atoms with Gasteiger partial charge in [0.25, 0.3) is 0 Å². The monoisotopic (exact) mass is 189 g/mol. The summed E-state index contributed by atoms with van der Waals surface area (Å²) in [5.41, 5.74) is 2.95. The van der Waals surface area contributed by atoms with Gasteiger partial charge < -0.3 is 5.73 Å². The second-order valence-corrected chi connectivity index (χ2v) is 3.03. The summed E-state index contributed by atoms with van der Waals surface area (Å²) in [4.78, 5) is 0.